The molecule has 0 aliphatic heterocycles. The summed E-state index contributed by atoms with van der Waals surface area (Å²) in [6, 6.07) is 3.44. The zero-order valence-electron chi connectivity index (χ0n) is 10.2. The van der Waals surface area contributed by atoms with Crippen LogP contribution in [0.2, 0.25) is 5.02 Å². The van der Waals surface area contributed by atoms with Gasteiger partial charge in [-0.2, -0.15) is 4.31 Å². The molecule has 0 aliphatic rings. The Balaban J connectivity index is 3.30. The first-order valence-corrected chi connectivity index (χ1v) is 6.97. The van der Waals surface area contributed by atoms with Gasteiger partial charge in [0.2, 0.25) is 10.0 Å². The molecule has 0 spiro atoms. The lowest BCUT2D eigenvalue weighted by molar-refractivity contribution is -0.140. The third-order valence-electron chi connectivity index (χ3n) is 2.72. The number of benzene rings is 1. The molecule has 0 fully saturated rings. The van der Waals surface area contributed by atoms with Crippen molar-refractivity contribution in [2.75, 3.05) is 7.05 Å². The molecule has 0 heterocycles. The molecule has 0 saturated carbocycles. The van der Waals surface area contributed by atoms with Crippen LogP contribution in [0, 0.1) is 6.92 Å². The van der Waals surface area contributed by atoms with E-state index in [0.29, 0.717) is 5.56 Å². The summed E-state index contributed by atoms with van der Waals surface area (Å²) in [6.45, 7) is 2.98. The van der Waals surface area contributed by atoms with Crippen LogP contribution in [0.25, 0.3) is 0 Å². The van der Waals surface area contributed by atoms with Gasteiger partial charge in [0.05, 0.1) is 5.02 Å². The number of carboxylic acid groups (broad SMARTS) is 1. The summed E-state index contributed by atoms with van der Waals surface area (Å²) < 4.78 is 25.2. The molecule has 7 heteroatoms. The van der Waals surface area contributed by atoms with Gasteiger partial charge in [0.25, 0.3) is 0 Å². The topological polar surface area (TPSA) is 74.7 Å². The lowest BCUT2D eigenvalue weighted by atomic mass is 10.2. The van der Waals surface area contributed by atoms with Crippen molar-refractivity contribution in [2.45, 2.75) is 24.8 Å². The molecule has 1 aromatic rings. The zero-order valence-corrected chi connectivity index (χ0v) is 11.8. The first kappa shape index (κ1) is 14.9. The second kappa shape index (κ2) is 5.26. The molecule has 0 amide bonds. The highest BCUT2D eigenvalue weighted by molar-refractivity contribution is 7.89. The molecule has 1 atom stereocenters. The Morgan fingerprint density at radius 2 is 2.00 bits per heavy atom. The highest BCUT2D eigenvalue weighted by atomic mass is 35.5. The van der Waals surface area contributed by atoms with E-state index >= 15 is 0 Å². The third kappa shape index (κ3) is 2.66. The maximum atomic E-state index is 12.2. The molecule has 0 aliphatic carbocycles. The molecule has 0 aromatic heterocycles. The molecule has 0 radical (unpaired) electrons. The maximum absolute atomic E-state index is 12.2. The van der Waals surface area contributed by atoms with Crippen LogP contribution < -0.4 is 0 Å². The lowest BCUT2D eigenvalue weighted by Crippen LogP contribution is -2.40. The Bertz CT molecular complexity index is 570. The van der Waals surface area contributed by atoms with E-state index in [2.05, 4.69) is 0 Å². The van der Waals surface area contributed by atoms with E-state index in [1.165, 1.54) is 20.0 Å². The molecular formula is C11H14ClNO4S. The van der Waals surface area contributed by atoms with E-state index in [9.17, 15) is 13.2 Å². The second-order valence-corrected chi connectivity index (χ2v) is 6.27. The van der Waals surface area contributed by atoms with Gasteiger partial charge < -0.3 is 5.11 Å². The fourth-order valence-electron chi connectivity index (χ4n) is 1.34. The highest BCUT2D eigenvalue weighted by Crippen LogP contribution is 2.27. The van der Waals surface area contributed by atoms with Crippen molar-refractivity contribution in [1.29, 1.82) is 0 Å². The number of hydrogen-bond acceptors (Lipinski definition) is 3. The van der Waals surface area contributed by atoms with Gasteiger partial charge in [0.15, 0.2) is 0 Å². The van der Waals surface area contributed by atoms with Crippen LogP contribution in [0.3, 0.4) is 0 Å². The van der Waals surface area contributed by atoms with E-state index in [-0.39, 0.29) is 9.92 Å². The number of rotatable bonds is 4. The first-order chi connectivity index (χ1) is 8.19. The van der Waals surface area contributed by atoms with Gasteiger partial charge in [0, 0.05) is 7.05 Å². The summed E-state index contributed by atoms with van der Waals surface area (Å²) >= 11 is 5.95. The van der Waals surface area contributed by atoms with Crippen molar-refractivity contribution < 1.29 is 18.3 Å². The Hall–Kier alpha value is -1.11. The first-order valence-electron chi connectivity index (χ1n) is 5.15. The Morgan fingerprint density at radius 1 is 1.44 bits per heavy atom. The fraction of sp³-hybridized carbons (Fsp3) is 0.364. The Kier molecular flexibility index (Phi) is 4.37. The molecule has 1 aromatic carbocycles. The fourth-order valence-corrected chi connectivity index (χ4v) is 3.21. The molecular weight excluding hydrogens is 278 g/mol. The second-order valence-electron chi connectivity index (χ2n) is 3.92. The van der Waals surface area contributed by atoms with E-state index in [0.717, 1.165) is 4.31 Å². The summed E-state index contributed by atoms with van der Waals surface area (Å²) in [5.74, 6) is -1.22. The summed E-state index contributed by atoms with van der Waals surface area (Å²) in [5, 5.41) is 8.96. The number of carbonyl (C=O) groups is 1. The van der Waals surface area contributed by atoms with Gasteiger partial charge in [-0.05, 0) is 25.5 Å². The van der Waals surface area contributed by atoms with Crippen molar-refractivity contribution in [3.05, 3.63) is 28.8 Å². The molecule has 1 rings (SSSR count). The summed E-state index contributed by atoms with van der Waals surface area (Å²) in [7, 11) is -2.70. The van der Waals surface area contributed by atoms with Crippen LogP contribution in [-0.4, -0.2) is 36.9 Å². The van der Waals surface area contributed by atoms with Crippen LogP contribution in [0.5, 0.6) is 0 Å². The number of carboxylic acids is 1. The average Bonchev–Trinajstić information content (AvgIpc) is 2.30. The van der Waals surface area contributed by atoms with Crippen molar-refractivity contribution in [3.63, 3.8) is 0 Å². The van der Waals surface area contributed by atoms with Crippen LogP contribution in [-0.2, 0) is 14.8 Å². The number of halogens is 1. The van der Waals surface area contributed by atoms with E-state index in [4.69, 9.17) is 16.7 Å². The van der Waals surface area contributed by atoms with Crippen LogP contribution in [0.4, 0.5) is 0 Å². The van der Waals surface area contributed by atoms with E-state index in [1.807, 2.05) is 0 Å². The molecule has 1 N–H and O–H groups in total. The van der Waals surface area contributed by atoms with E-state index < -0.39 is 22.0 Å². The number of sulfonamides is 1. The molecule has 0 bridgehead atoms. The van der Waals surface area contributed by atoms with Crippen molar-refractivity contribution in [1.82, 2.24) is 4.31 Å². The standard InChI is InChI=1S/C11H14ClNO4S/c1-7-5-4-6-9(10(7)12)18(16,17)13(3)8(2)11(14)15/h4-6,8H,1-3H3,(H,14,15). The lowest BCUT2D eigenvalue weighted by Gasteiger charge is -2.21. The van der Waals surface area contributed by atoms with Crippen molar-refractivity contribution >= 4 is 27.6 Å². The molecule has 18 heavy (non-hydrogen) atoms. The van der Waals surface area contributed by atoms with Gasteiger partial charge in [-0.3, -0.25) is 4.79 Å². The Morgan fingerprint density at radius 3 is 2.50 bits per heavy atom. The Labute approximate surface area is 111 Å². The predicted molar refractivity (Wildman–Crippen MR) is 68.2 cm³/mol. The number of aryl methyl sites for hydroxylation is 1. The summed E-state index contributed by atoms with van der Waals surface area (Å²) in [6.07, 6.45) is 0. The van der Waals surface area contributed by atoms with Gasteiger partial charge in [-0.25, -0.2) is 8.42 Å². The van der Waals surface area contributed by atoms with Crippen LogP contribution in [0.15, 0.2) is 23.1 Å². The minimum atomic E-state index is -3.92. The largest absolute Gasteiger partial charge is 0.480 e. The number of aliphatic carboxylic acids is 1. The van der Waals surface area contributed by atoms with Crippen molar-refractivity contribution in [2.24, 2.45) is 0 Å². The maximum Gasteiger partial charge on any atom is 0.321 e. The third-order valence-corrected chi connectivity index (χ3v) is 5.30. The van der Waals surface area contributed by atoms with E-state index in [1.54, 1.807) is 19.1 Å². The number of hydrogen-bond donors (Lipinski definition) is 1. The minimum Gasteiger partial charge on any atom is -0.480 e. The minimum absolute atomic E-state index is 0.0835. The number of likely N-dealkylation sites (N-methyl/N-ethyl adjacent to an activating group) is 1. The molecule has 1 unspecified atom stereocenters. The molecule has 5 nitrogen and oxygen atoms in total. The van der Waals surface area contributed by atoms with Gasteiger partial charge in [-0.15, -0.1) is 0 Å². The molecule has 100 valence electrons. The monoisotopic (exact) mass is 291 g/mol. The van der Waals surface area contributed by atoms with Crippen LogP contribution >= 0.6 is 11.6 Å². The SMILES string of the molecule is Cc1cccc(S(=O)(=O)N(C)C(C)C(=O)O)c1Cl. The van der Waals surface area contributed by atoms with Crippen molar-refractivity contribution in [3.8, 4) is 0 Å². The smallest absolute Gasteiger partial charge is 0.321 e. The summed E-state index contributed by atoms with van der Waals surface area (Å²) in [4.78, 5) is 10.7. The number of nitrogens with zero attached hydrogens (tertiary/aromatic N) is 1. The van der Waals surface area contributed by atoms with Gasteiger partial charge in [0.1, 0.15) is 10.9 Å². The van der Waals surface area contributed by atoms with Gasteiger partial charge >= 0.3 is 5.97 Å². The predicted octanol–water partition coefficient (Wildman–Crippen LogP) is 1.74. The molecule has 0 saturated heterocycles. The highest BCUT2D eigenvalue weighted by Gasteiger charge is 2.31. The zero-order chi connectivity index (χ0) is 14.1. The quantitative estimate of drug-likeness (QED) is 0.917. The normalized spacial score (nSPS) is 13.6. The summed E-state index contributed by atoms with van der Waals surface area (Å²) in [5.41, 5.74) is 0.620. The van der Waals surface area contributed by atoms with Crippen LogP contribution in [0.1, 0.15) is 12.5 Å². The average molecular weight is 292 g/mol. The van der Waals surface area contributed by atoms with Gasteiger partial charge in [-0.1, -0.05) is 23.7 Å².